The van der Waals surface area contributed by atoms with E-state index in [9.17, 15) is 8.78 Å². The number of hydrogen-bond acceptors (Lipinski definition) is 7. The van der Waals surface area contributed by atoms with Crippen molar-refractivity contribution < 1.29 is 13.5 Å². The smallest absolute Gasteiger partial charge is 0.248 e. The maximum atomic E-state index is 13.4. The fourth-order valence-corrected chi connectivity index (χ4v) is 3.59. The third-order valence-corrected chi connectivity index (χ3v) is 5.25. The number of allylic oxidation sites excluding steroid dienone is 1. The van der Waals surface area contributed by atoms with E-state index in [0.29, 0.717) is 36.1 Å². The topological polar surface area (TPSA) is 89.3 Å². The number of nitrogens with one attached hydrogen (secondary N) is 2. The first-order valence-corrected chi connectivity index (χ1v) is 10.3. The van der Waals surface area contributed by atoms with Crippen molar-refractivity contribution in [2.45, 2.75) is 51.0 Å². The van der Waals surface area contributed by atoms with Crippen molar-refractivity contribution >= 4 is 17.4 Å². The molecule has 1 saturated carbocycles. The highest BCUT2D eigenvalue weighted by molar-refractivity contribution is 5.84. The third-order valence-electron chi connectivity index (χ3n) is 5.25. The number of alkyl halides is 2. The average molecular weight is 429 g/mol. The van der Waals surface area contributed by atoms with E-state index in [4.69, 9.17) is 4.74 Å². The van der Waals surface area contributed by atoms with Gasteiger partial charge in [0, 0.05) is 48.6 Å². The molecular weight excluding hydrogens is 404 g/mol. The van der Waals surface area contributed by atoms with Crippen molar-refractivity contribution in [1.82, 2.24) is 24.6 Å². The molecule has 4 rings (SSSR count). The predicted octanol–water partition coefficient (Wildman–Crippen LogP) is 4.52. The van der Waals surface area contributed by atoms with Gasteiger partial charge in [0.2, 0.25) is 23.7 Å². The van der Waals surface area contributed by atoms with Crippen LogP contribution in [-0.2, 0) is 0 Å². The second-order valence-corrected chi connectivity index (χ2v) is 7.49. The molecule has 0 aliphatic heterocycles. The highest BCUT2D eigenvalue weighted by Gasteiger charge is 2.35. The first-order valence-electron chi connectivity index (χ1n) is 10.3. The van der Waals surface area contributed by atoms with Gasteiger partial charge in [0.25, 0.3) is 0 Å². The van der Waals surface area contributed by atoms with Crippen molar-refractivity contribution in [3.8, 4) is 17.0 Å². The summed E-state index contributed by atoms with van der Waals surface area (Å²) in [4.78, 5) is 13.1. The molecule has 0 saturated heterocycles. The molecule has 10 heteroatoms. The normalized spacial score (nSPS) is 16.6. The van der Waals surface area contributed by atoms with Gasteiger partial charge in [0.05, 0.1) is 7.11 Å². The van der Waals surface area contributed by atoms with E-state index in [1.165, 1.54) is 7.11 Å². The molecule has 8 nitrogen and oxygen atoms in total. The van der Waals surface area contributed by atoms with Gasteiger partial charge < -0.3 is 15.4 Å². The molecule has 0 amide bonds. The number of methoxy groups -OCH3 is 1. The van der Waals surface area contributed by atoms with Gasteiger partial charge in [-0.05, 0) is 31.5 Å². The van der Waals surface area contributed by atoms with Gasteiger partial charge in [0.15, 0.2) is 0 Å². The van der Waals surface area contributed by atoms with E-state index in [0.717, 1.165) is 17.5 Å². The molecule has 3 aromatic rings. The zero-order valence-corrected chi connectivity index (χ0v) is 17.5. The van der Waals surface area contributed by atoms with E-state index >= 15 is 0 Å². The zero-order chi connectivity index (χ0) is 21.8. The quantitative estimate of drug-likeness (QED) is 0.571. The Hall–Kier alpha value is -3.30. The van der Waals surface area contributed by atoms with Crippen LogP contribution in [0.15, 0.2) is 36.9 Å². The molecule has 31 heavy (non-hydrogen) atoms. The van der Waals surface area contributed by atoms with Crippen molar-refractivity contribution in [2.24, 2.45) is 0 Å². The zero-order valence-electron chi connectivity index (χ0n) is 17.5. The molecule has 2 N–H and O–H groups in total. The SMILES string of the molecule is CC/C=C\Nc1ncc(-c2ccn3nc(NC4CCC(F)(F)CC4)nc(OC)c23)cn1. The van der Waals surface area contributed by atoms with Crippen LogP contribution >= 0.6 is 0 Å². The summed E-state index contributed by atoms with van der Waals surface area (Å²) in [6, 6.07) is 1.80. The lowest BCUT2D eigenvalue weighted by molar-refractivity contribution is -0.0361. The molecular formula is C21H25F2N7O. The van der Waals surface area contributed by atoms with Crippen LogP contribution in [0.4, 0.5) is 20.7 Å². The molecule has 0 spiro atoms. The first-order chi connectivity index (χ1) is 15.0. The summed E-state index contributed by atoms with van der Waals surface area (Å²) in [5.41, 5.74) is 2.31. The third kappa shape index (κ3) is 4.73. The van der Waals surface area contributed by atoms with E-state index in [-0.39, 0.29) is 18.9 Å². The molecule has 0 bridgehead atoms. The number of anilines is 2. The molecule has 3 heterocycles. The van der Waals surface area contributed by atoms with E-state index < -0.39 is 5.92 Å². The van der Waals surface area contributed by atoms with Gasteiger partial charge in [-0.1, -0.05) is 13.0 Å². The number of fused-ring (bicyclic) bond motifs is 1. The van der Waals surface area contributed by atoms with Gasteiger partial charge >= 0.3 is 0 Å². The number of halogens is 2. The van der Waals surface area contributed by atoms with Crippen LogP contribution < -0.4 is 15.4 Å². The lowest BCUT2D eigenvalue weighted by Gasteiger charge is -2.28. The van der Waals surface area contributed by atoms with Crippen LogP contribution in [0.3, 0.4) is 0 Å². The summed E-state index contributed by atoms with van der Waals surface area (Å²) in [6.45, 7) is 2.05. The molecule has 1 aliphatic rings. The molecule has 1 fully saturated rings. The lowest BCUT2D eigenvalue weighted by Crippen LogP contribution is -2.32. The molecule has 1 aliphatic carbocycles. The number of aromatic nitrogens is 5. The van der Waals surface area contributed by atoms with Crippen LogP contribution in [0.1, 0.15) is 39.0 Å². The summed E-state index contributed by atoms with van der Waals surface area (Å²) >= 11 is 0. The van der Waals surface area contributed by atoms with Crippen molar-refractivity contribution in [3.63, 3.8) is 0 Å². The molecule has 3 aromatic heterocycles. The first kappa shape index (κ1) is 21.0. The predicted molar refractivity (Wildman–Crippen MR) is 114 cm³/mol. The van der Waals surface area contributed by atoms with Crippen LogP contribution in [0.25, 0.3) is 16.6 Å². The summed E-state index contributed by atoms with van der Waals surface area (Å²) < 4.78 is 34.0. The minimum absolute atomic E-state index is 0.0907. The summed E-state index contributed by atoms with van der Waals surface area (Å²) in [5.74, 6) is -1.34. The lowest BCUT2D eigenvalue weighted by atomic mass is 9.92. The Kier molecular flexibility index (Phi) is 5.97. The van der Waals surface area contributed by atoms with Crippen LogP contribution in [-0.4, -0.2) is 43.6 Å². The van der Waals surface area contributed by atoms with Gasteiger partial charge in [-0.15, -0.1) is 5.10 Å². The van der Waals surface area contributed by atoms with Gasteiger partial charge in [0.1, 0.15) is 5.52 Å². The minimum Gasteiger partial charge on any atom is -0.479 e. The van der Waals surface area contributed by atoms with Gasteiger partial charge in [-0.3, -0.25) is 0 Å². The summed E-state index contributed by atoms with van der Waals surface area (Å²) in [6.07, 6.45) is 10.4. The molecule has 0 atom stereocenters. The van der Waals surface area contributed by atoms with Gasteiger partial charge in [-0.2, -0.15) is 4.98 Å². The fraction of sp³-hybridized carbons (Fsp3) is 0.429. The van der Waals surface area contributed by atoms with E-state index in [2.05, 4.69) is 30.7 Å². The summed E-state index contributed by atoms with van der Waals surface area (Å²) in [5, 5.41) is 10.7. The Morgan fingerprint density at radius 1 is 1.23 bits per heavy atom. The standard InChI is InChI=1S/C21H25F2N7O/c1-3-4-10-24-19-25-12-14(13-26-19)16-7-11-30-17(16)18(31-2)28-20(29-30)27-15-5-8-21(22,23)9-6-15/h4,7,10-13,15H,3,5-6,8-9H2,1-2H3,(H,27,29)(H,24,25,26)/b10-4-. The van der Waals surface area contributed by atoms with Crippen molar-refractivity contribution in [1.29, 1.82) is 0 Å². The maximum Gasteiger partial charge on any atom is 0.248 e. The molecule has 0 unspecified atom stereocenters. The van der Waals surface area contributed by atoms with E-state index in [1.54, 1.807) is 23.1 Å². The number of rotatable bonds is 7. The number of ether oxygens (including phenoxy) is 1. The Morgan fingerprint density at radius 3 is 2.65 bits per heavy atom. The Labute approximate surface area is 178 Å². The van der Waals surface area contributed by atoms with Crippen LogP contribution in [0.2, 0.25) is 0 Å². The fourth-order valence-electron chi connectivity index (χ4n) is 3.59. The maximum absolute atomic E-state index is 13.4. The number of hydrogen-bond donors (Lipinski definition) is 2. The second kappa shape index (κ2) is 8.83. The average Bonchev–Trinajstić information content (AvgIpc) is 3.19. The van der Waals surface area contributed by atoms with Crippen molar-refractivity contribution in [3.05, 3.63) is 36.9 Å². The highest BCUT2D eigenvalue weighted by Crippen LogP contribution is 2.35. The Morgan fingerprint density at radius 2 is 1.97 bits per heavy atom. The molecule has 0 aromatic carbocycles. The van der Waals surface area contributed by atoms with Crippen LogP contribution in [0.5, 0.6) is 5.88 Å². The van der Waals surface area contributed by atoms with Crippen LogP contribution in [0, 0.1) is 0 Å². The monoisotopic (exact) mass is 429 g/mol. The molecule has 0 radical (unpaired) electrons. The minimum atomic E-state index is -2.57. The van der Waals surface area contributed by atoms with Crippen molar-refractivity contribution in [2.75, 3.05) is 17.7 Å². The highest BCUT2D eigenvalue weighted by atomic mass is 19.3. The largest absolute Gasteiger partial charge is 0.479 e. The van der Waals surface area contributed by atoms with E-state index in [1.807, 2.05) is 25.3 Å². The van der Waals surface area contributed by atoms with Gasteiger partial charge in [-0.25, -0.2) is 23.3 Å². The second-order valence-electron chi connectivity index (χ2n) is 7.49. The Bertz CT molecular complexity index is 1060. The number of nitrogens with zero attached hydrogens (tertiary/aromatic N) is 5. The molecule has 164 valence electrons. The Balaban J connectivity index is 1.57. The summed E-state index contributed by atoms with van der Waals surface area (Å²) in [7, 11) is 1.54.